The lowest BCUT2D eigenvalue weighted by molar-refractivity contribution is 0.462. The molecule has 0 radical (unpaired) electrons. The van der Waals surface area contributed by atoms with Crippen LogP contribution in [0.3, 0.4) is 0 Å². The Kier molecular flexibility index (Phi) is 4.35. The molecule has 3 N–H and O–H groups in total. The standard InChI is InChI=1S/C11H17BrN2O2S/c1-8-4-9(12)6-10(5-8)17(15,16)14-11(2,3)7-13/h4-6,14H,7,13H2,1-3H3. The lowest BCUT2D eigenvalue weighted by Crippen LogP contribution is -2.48. The predicted molar refractivity (Wildman–Crippen MR) is 72.3 cm³/mol. The van der Waals surface area contributed by atoms with E-state index < -0.39 is 15.6 Å². The van der Waals surface area contributed by atoms with Crippen LogP contribution in [0.2, 0.25) is 0 Å². The number of rotatable bonds is 4. The predicted octanol–water partition coefficient (Wildman–Crippen LogP) is 1.77. The molecule has 6 heteroatoms. The third-order valence-electron chi connectivity index (χ3n) is 2.25. The quantitative estimate of drug-likeness (QED) is 0.888. The largest absolute Gasteiger partial charge is 0.329 e. The maximum absolute atomic E-state index is 12.1. The maximum Gasteiger partial charge on any atom is 0.241 e. The Morgan fingerprint density at radius 3 is 2.41 bits per heavy atom. The first-order chi connectivity index (χ1) is 7.66. The van der Waals surface area contributed by atoms with Gasteiger partial charge >= 0.3 is 0 Å². The Morgan fingerprint density at radius 1 is 1.35 bits per heavy atom. The first-order valence-electron chi connectivity index (χ1n) is 5.17. The number of aryl methyl sites for hydroxylation is 1. The van der Waals surface area contributed by atoms with Gasteiger partial charge in [0.2, 0.25) is 10.0 Å². The molecule has 0 aliphatic rings. The molecule has 1 aromatic rings. The molecule has 0 amide bonds. The molecule has 0 saturated heterocycles. The Morgan fingerprint density at radius 2 is 1.94 bits per heavy atom. The van der Waals surface area contributed by atoms with Crippen molar-refractivity contribution in [1.82, 2.24) is 4.72 Å². The minimum atomic E-state index is -3.54. The van der Waals surface area contributed by atoms with Crippen LogP contribution in [0.15, 0.2) is 27.6 Å². The van der Waals surface area contributed by atoms with Crippen LogP contribution in [0.1, 0.15) is 19.4 Å². The van der Waals surface area contributed by atoms with Gasteiger partial charge in [-0.2, -0.15) is 0 Å². The van der Waals surface area contributed by atoms with Crippen LogP contribution in [-0.4, -0.2) is 20.5 Å². The molecule has 0 fully saturated rings. The van der Waals surface area contributed by atoms with E-state index in [4.69, 9.17) is 5.73 Å². The van der Waals surface area contributed by atoms with E-state index in [1.807, 2.05) is 13.0 Å². The molecule has 0 aromatic heterocycles. The molecule has 0 atom stereocenters. The number of hydrogen-bond acceptors (Lipinski definition) is 3. The second-order valence-electron chi connectivity index (χ2n) is 4.66. The molecule has 1 aromatic carbocycles. The number of halogens is 1. The van der Waals surface area contributed by atoms with Gasteiger partial charge in [-0.25, -0.2) is 13.1 Å². The van der Waals surface area contributed by atoms with E-state index in [0.29, 0.717) is 0 Å². The molecule has 96 valence electrons. The van der Waals surface area contributed by atoms with Gasteiger partial charge in [0.1, 0.15) is 0 Å². The van der Waals surface area contributed by atoms with Crippen molar-refractivity contribution in [2.45, 2.75) is 31.2 Å². The zero-order chi connectivity index (χ0) is 13.3. The van der Waals surface area contributed by atoms with Crippen LogP contribution >= 0.6 is 15.9 Å². The van der Waals surface area contributed by atoms with E-state index in [1.165, 1.54) is 0 Å². The average Bonchev–Trinajstić information content (AvgIpc) is 2.14. The van der Waals surface area contributed by atoms with E-state index in [9.17, 15) is 8.42 Å². The second kappa shape index (κ2) is 5.06. The van der Waals surface area contributed by atoms with Gasteiger partial charge in [0.25, 0.3) is 0 Å². The maximum atomic E-state index is 12.1. The van der Waals surface area contributed by atoms with Gasteiger partial charge in [-0.15, -0.1) is 0 Å². The molecule has 0 unspecified atom stereocenters. The van der Waals surface area contributed by atoms with Crippen LogP contribution in [0.25, 0.3) is 0 Å². The molecule has 17 heavy (non-hydrogen) atoms. The molecule has 4 nitrogen and oxygen atoms in total. The molecule has 1 rings (SSSR count). The van der Waals surface area contributed by atoms with Crippen molar-refractivity contribution >= 4 is 26.0 Å². The molecule has 0 saturated carbocycles. The summed E-state index contributed by atoms with van der Waals surface area (Å²) in [7, 11) is -3.54. The number of nitrogens with two attached hydrogens (primary N) is 1. The lowest BCUT2D eigenvalue weighted by atomic mass is 10.1. The topological polar surface area (TPSA) is 72.2 Å². The Bertz CT molecular complexity index is 492. The van der Waals surface area contributed by atoms with Gasteiger partial charge in [-0.3, -0.25) is 0 Å². The fourth-order valence-corrected chi connectivity index (χ4v) is 3.63. The van der Waals surface area contributed by atoms with E-state index in [1.54, 1.807) is 26.0 Å². The van der Waals surface area contributed by atoms with Crippen molar-refractivity contribution in [3.63, 3.8) is 0 Å². The molecular formula is C11H17BrN2O2S. The lowest BCUT2D eigenvalue weighted by Gasteiger charge is -2.24. The van der Waals surface area contributed by atoms with Gasteiger partial charge in [-0.1, -0.05) is 15.9 Å². The van der Waals surface area contributed by atoms with E-state index in [-0.39, 0.29) is 11.4 Å². The molecule has 0 aliphatic heterocycles. The smallest absolute Gasteiger partial charge is 0.241 e. The molecule has 0 bridgehead atoms. The van der Waals surface area contributed by atoms with Gasteiger partial charge in [0, 0.05) is 16.6 Å². The summed E-state index contributed by atoms with van der Waals surface area (Å²) in [5.74, 6) is 0. The normalized spacial score (nSPS) is 12.8. The van der Waals surface area contributed by atoms with Crippen LogP contribution in [0.4, 0.5) is 0 Å². The van der Waals surface area contributed by atoms with E-state index >= 15 is 0 Å². The number of benzene rings is 1. The summed E-state index contributed by atoms with van der Waals surface area (Å²) in [4.78, 5) is 0.242. The number of sulfonamides is 1. The fraction of sp³-hybridized carbons (Fsp3) is 0.455. The molecule has 0 aliphatic carbocycles. The first kappa shape index (κ1) is 14.6. The van der Waals surface area contributed by atoms with Crippen LogP contribution in [-0.2, 0) is 10.0 Å². The van der Waals surface area contributed by atoms with E-state index in [0.717, 1.165) is 10.0 Å². The van der Waals surface area contributed by atoms with Crippen LogP contribution in [0.5, 0.6) is 0 Å². The monoisotopic (exact) mass is 320 g/mol. The summed E-state index contributed by atoms with van der Waals surface area (Å²) in [6.45, 7) is 5.57. The minimum absolute atomic E-state index is 0.235. The average molecular weight is 321 g/mol. The van der Waals surface area contributed by atoms with Crippen molar-refractivity contribution in [1.29, 1.82) is 0 Å². The van der Waals surface area contributed by atoms with Crippen LogP contribution in [0, 0.1) is 6.92 Å². The Hall–Kier alpha value is -0.430. The van der Waals surface area contributed by atoms with Crippen molar-refractivity contribution in [3.8, 4) is 0 Å². The van der Waals surface area contributed by atoms with Gasteiger partial charge in [-0.05, 0) is 44.5 Å². The summed E-state index contributed by atoms with van der Waals surface area (Å²) in [6, 6.07) is 5.05. The van der Waals surface area contributed by atoms with Gasteiger partial charge in [0.05, 0.1) is 4.90 Å². The van der Waals surface area contributed by atoms with Gasteiger partial charge < -0.3 is 5.73 Å². The first-order valence-corrected chi connectivity index (χ1v) is 7.45. The van der Waals surface area contributed by atoms with Crippen LogP contribution < -0.4 is 10.5 Å². The third-order valence-corrected chi connectivity index (χ3v) is 4.38. The van der Waals surface area contributed by atoms with Crippen molar-refractivity contribution in [3.05, 3.63) is 28.2 Å². The summed E-state index contributed by atoms with van der Waals surface area (Å²) >= 11 is 3.29. The zero-order valence-corrected chi connectivity index (χ0v) is 12.5. The summed E-state index contributed by atoms with van der Waals surface area (Å²) in [6.07, 6.45) is 0. The molecular weight excluding hydrogens is 304 g/mol. The Labute approximate surface area is 111 Å². The Balaban J connectivity index is 3.14. The van der Waals surface area contributed by atoms with Gasteiger partial charge in [0.15, 0.2) is 0 Å². The zero-order valence-electron chi connectivity index (χ0n) is 10.1. The fourth-order valence-electron chi connectivity index (χ4n) is 1.32. The SMILES string of the molecule is Cc1cc(Br)cc(S(=O)(=O)NC(C)(C)CN)c1. The van der Waals surface area contributed by atoms with Crippen molar-refractivity contribution in [2.24, 2.45) is 5.73 Å². The van der Waals surface area contributed by atoms with Crippen molar-refractivity contribution < 1.29 is 8.42 Å². The summed E-state index contributed by atoms with van der Waals surface area (Å²) in [5.41, 5.74) is 5.74. The highest BCUT2D eigenvalue weighted by atomic mass is 79.9. The highest BCUT2D eigenvalue weighted by Crippen LogP contribution is 2.20. The van der Waals surface area contributed by atoms with E-state index in [2.05, 4.69) is 20.7 Å². The highest BCUT2D eigenvalue weighted by molar-refractivity contribution is 9.10. The highest BCUT2D eigenvalue weighted by Gasteiger charge is 2.25. The molecule has 0 heterocycles. The molecule has 0 spiro atoms. The third kappa shape index (κ3) is 4.06. The van der Waals surface area contributed by atoms with Crippen molar-refractivity contribution in [2.75, 3.05) is 6.54 Å². The number of nitrogens with one attached hydrogen (secondary N) is 1. The minimum Gasteiger partial charge on any atom is -0.329 e. The summed E-state index contributed by atoms with van der Waals surface area (Å²) in [5, 5.41) is 0. The second-order valence-corrected chi connectivity index (χ2v) is 7.26. The number of hydrogen-bond donors (Lipinski definition) is 2. The summed E-state index contributed by atoms with van der Waals surface area (Å²) < 4.78 is 27.6.